The Morgan fingerprint density at radius 2 is 1.95 bits per heavy atom. The third-order valence-corrected chi connectivity index (χ3v) is 4.21. The number of imidazole rings is 1. The summed E-state index contributed by atoms with van der Waals surface area (Å²) in [6, 6.07) is 0.961. The molecule has 0 radical (unpaired) electrons. The summed E-state index contributed by atoms with van der Waals surface area (Å²) in [6.45, 7) is 6.32. The predicted molar refractivity (Wildman–Crippen MR) is 85.0 cm³/mol. The second-order valence-corrected chi connectivity index (χ2v) is 6.33. The second-order valence-electron chi connectivity index (χ2n) is 6.33. The van der Waals surface area contributed by atoms with Crippen LogP contribution < -0.4 is 5.32 Å². The lowest BCUT2D eigenvalue weighted by atomic mass is 9.95. The summed E-state index contributed by atoms with van der Waals surface area (Å²) in [4.78, 5) is 4.65. The monoisotopic (exact) mass is 287 g/mol. The van der Waals surface area contributed by atoms with E-state index in [0.717, 1.165) is 17.3 Å². The van der Waals surface area contributed by atoms with Gasteiger partial charge in [-0.1, -0.05) is 19.3 Å². The fraction of sp³-hybridized carbons (Fsp3) is 0.625. The highest BCUT2D eigenvalue weighted by atomic mass is 15.3. The second kappa shape index (κ2) is 5.92. The molecule has 114 valence electrons. The molecule has 1 N–H and O–H groups in total. The Balaban J connectivity index is 1.80. The van der Waals surface area contributed by atoms with Crippen LogP contribution in [0.25, 0.3) is 0 Å². The summed E-state index contributed by atoms with van der Waals surface area (Å²) in [5.74, 6) is 0.947. The molecule has 3 rings (SSSR count). The number of hydrogen-bond donors (Lipinski definition) is 1. The molecule has 1 fully saturated rings. The van der Waals surface area contributed by atoms with E-state index in [4.69, 9.17) is 0 Å². The van der Waals surface area contributed by atoms with Gasteiger partial charge in [0.1, 0.15) is 0 Å². The molecule has 1 aliphatic rings. The van der Waals surface area contributed by atoms with Crippen LogP contribution in [0.3, 0.4) is 0 Å². The highest BCUT2D eigenvalue weighted by molar-refractivity contribution is 5.51. The van der Waals surface area contributed by atoms with Crippen LogP contribution in [0, 0.1) is 6.92 Å². The zero-order chi connectivity index (χ0) is 14.8. The van der Waals surface area contributed by atoms with Gasteiger partial charge in [0.25, 0.3) is 0 Å². The molecular formula is C16H25N5. The Kier molecular flexibility index (Phi) is 3.99. The zero-order valence-corrected chi connectivity index (χ0v) is 13.2. The minimum Gasteiger partial charge on any atom is -0.323 e. The van der Waals surface area contributed by atoms with Crippen LogP contribution in [0.2, 0.25) is 0 Å². The van der Waals surface area contributed by atoms with Gasteiger partial charge < -0.3 is 9.88 Å². The van der Waals surface area contributed by atoms with Gasteiger partial charge in [-0.25, -0.2) is 4.98 Å². The van der Waals surface area contributed by atoms with Gasteiger partial charge in [0, 0.05) is 24.5 Å². The summed E-state index contributed by atoms with van der Waals surface area (Å²) >= 11 is 0. The van der Waals surface area contributed by atoms with Crippen molar-refractivity contribution in [3.8, 4) is 0 Å². The van der Waals surface area contributed by atoms with Gasteiger partial charge in [0.15, 0.2) is 0 Å². The summed E-state index contributed by atoms with van der Waals surface area (Å²) in [7, 11) is 0. The topological polar surface area (TPSA) is 47.7 Å². The molecule has 21 heavy (non-hydrogen) atoms. The molecule has 0 unspecified atom stereocenters. The van der Waals surface area contributed by atoms with Crippen LogP contribution in [-0.2, 0) is 0 Å². The van der Waals surface area contributed by atoms with E-state index in [1.54, 1.807) is 0 Å². The molecule has 0 aromatic carbocycles. The first-order chi connectivity index (χ1) is 10.1. The Morgan fingerprint density at radius 1 is 1.19 bits per heavy atom. The number of aryl methyl sites for hydroxylation is 1. The normalized spacial score (nSPS) is 16.6. The lowest BCUT2D eigenvalue weighted by Gasteiger charge is -2.24. The van der Waals surface area contributed by atoms with E-state index >= 15 is 0 Å². The van der Waals surface area contributed by atoms with Gasteiger partial charge in [-0.15, -0.1) is 0 Å². The summed E-state index contributed by atoms with van der Waals surface area (Å²) in [5, 5.41) is 7.81. The van der Waals surface area contributed by atoms with Gasteiger partial charge >= 0.3 is 0 Å². The summed E-state index contributed by atoms with van der Waals surface area (Å²) in [6.07, 6.45) is 12.6. The van der Waals surface area contributed by atoms with Crippen LogP contribution in [-0.4, -0.2) is 19.3 Å². The molecule has 0 saturated heterocycles. The molecular weight excluding hydrogens is 262 g/mol. The number of aromatic nitrogens is 4. The van der Waals surface area contributed by atoms with E-state index in [0.29, 0.717) is 12.1 Å². The first kappa shape index (κ1) is 14.2. The molecule has 1 saturated carbocycles. The van der Waals surface area contributed by atoms with E-state index in [9.17, 15) is 0 Å². The van der Waals surface area contributed by atoms with Crippen molar-refractivity contribution >= 4 is 11.6 Å². The lowest BCUT2D eigenvalue weighted by Crippen LogP contribution is -2.14. The van der Waals surface area contributed by atoms with E-state index < -0.39 is 0 Å². The average Bonchev–Trinajstić information content (AvgIpc) is 3.07. The van der Waals surface area contributed by atoms with Crippen LogP contribution in [0.1, 0.15) is 63.7 Å². The van der Waals surface area contributed by atoms with Crippen molar-refractivity contribution in [1.29, 1.82) is 0 Å². The first-order valence-electron chi connectivity index (χ1n) is 8.00. The first-order valence-corrected chi connectivity index (χ1v) is 8.00. The molecule has 0 bridgehead atoms. The molecule has 5 heteroatoms. The molecule has 0 spiro atoms. The van der Waals surface area contributed by atoms with Gasteiger partial charge in [0.2, 0.25) is 5.95 Å². The van der Waals surface area contributed by atoms with Gasteiger partial charge in [-0.05, 0) is 33.6 Å². The third-order valence-electron chi connectivity index (χ3n) is 4.21. The maximum atomic E-state index is 4.65. The molecule has 0 amide bonds. The molecule has 2 aromatic heterocycles. The van der Waals surface area contributed by atoms with Crippen molar-refractivity contribution in [1.82, 2.24) is 19.3 Å². The Morgan fingerprint density at radius 3 is 2.62 bits per heavy atom. The van der Waals surface area contributed by atoms with Crippen molar-refractivity contribution in [3.63, 3.8) is 0 Å². The van der Waals surface area contributed by atoms with Gasteiger partial charge in [-0.2, -0.15) is 5.10 Å². The Hall–Kier alpha value is -1.78. The van der Waals surface area contributed by atoms with E-state index in [1.807, 2.05) is 17.1 Å². The SMILES string of the molecule is Cc1cn(C2CCCCC2)c(Nc2cnn(C(C)C)c2)n1. The van der Waals surface area contributed by atoms with Crippen molar-refractivity contribution < 1.29 is 0 Å². The largest absolute Gasteiger partial charge is 0.323 e. The maximum absolute atomic E-state index is 4.65. The number of rotatable bonds is 4. The van der Waals surface area contributed by atoms with E-state index in [2.05, 4.69) is 46.9 Å². The highest BCUT2D eigenvalue weighted by Gasteiger charge is 2.19. The van der Waals surface area contributed by atoms with Gasteiger partial charge in [0.05, 0.1) is 17.6 Å². The highest BCUT2D eigenvalue weighted by Crippen LogP contribution is 2.31. The molecule has 1 aliphatic carbocycles. The lowest BCUT2D eigenvalue weighted by molar-refractivity contribution is 0.356. The molecule has 2 aromatic rings. The quantitative estimate of drug-likeness (QED) is 0.916. The molecule has 2 heterocycles. The fourth-order valence-electron chi connectivity index (χ4n) is 3.06. The molecule has 0 atom stereocenters. The number of nitrogens with zero attached hydrogens (tertiary/aromatic N) is 4. The number of nitrogens with one attached hydrogen (secondary N) is 1. The molecule has 0 aliphatic heterocycles. The minimum atomic E-state index is 0.375. The van der Waals surface area contributed by atoms with Gasteiger partial charge in [-0.3, -0.25) is 4.68 Å². The Labute approximate surface area is 126 Å². The maximum Gasteiger partial charge on any atom is 0.207 e. The van der Waals surface area contributed by atoms with Crippen LogP contribution in [0.5, 0.6) is 0 Å². The number of anilines is 2. The molecule has 5 nitrogen and oxygen atoms in total. The Bertz CT molecular complexity index is 590. The van der Waals surface area contributed by atoms with Crippen LogP contribution in [0.15, 0.2) is 18.6 Å². The smallest absolute Gasteiger partial charge is 0.207 e. The predicted octanol–water partition coefficient (Wildman–Crippen LogP) is 4.22. The van der Waals surface area contributed by atoms with E-state index in [-0.39, 0.29) is 0 Å². The van der Waals surface area contributed by atoms with Crippen molar-refractivity contribution in [3.05, 3.63) is 24.3 Å². The summed E-state index contributed by atoms with van der Waals surface area (Å²) < 4.78 is 4.28. The third kappa shape index (κ3) is 3.12. The standard InChI is InChI=1S/C16H25N5/c1-12(2)21-11-14(9-17-21)19-16-18-13(3)10-20(16)15-7-5-4-6-8-15/h9-12,15H,4-8H2,1-3H3,(H,18,19). The average molecular weight is 287 g/mol. The van der Waals surface area contributed by atoms with Crippen molar-refractivity contribution in [2.24, 2.45) is 0 Å². The van der Waals surface area contributed by atoms with Crippen LogP contribution >= 0.6 is 0 Å². The fourth-order valence-corrected chi connectivity index (χ4v) is 3.06. The van der Waals surface area contributed by atoms with Crippen molar-refractivity contribution in [2.75, 3.05) is 5.32 Å². The zero-order valence-electron chi connectivity index (χ0n) is 13.2. The van der Waals surface area contributed by atoms with Crippen molar-refractivity contribution in [2.45, 2.75) is 65.0 Å². The van der Waals surface area contributed by atoms with E-state index in [1.165, 1.54) is 32.1 Å². The van der Waals surface area contributed by atoms with Crippen LogP contribution in [0.4, 0.5) is 11.6 Å². The summed E-state index contributed by atoms with van der Waals surface area (Å²) in [5.41, 5.74) is 2.07. The minimum absolute atomic E-state index is 0.375. The number of hydrogen-bond acceptors (Lipinski definition) is 3.